The molecule has 0 atom stereocenters. The number of nitrogens with zero attached hydrogens (tertiary/aromatic N) is 5. The normalized spacial score (nSPS) is 16.3. The van der Waals surface area contributed by atoms with E-state index in [0.717, 1.165) is 43.2 Å². The predicted molar refractivity (Wildman–Crippen MR) is 102 cm³/mol. The van der Waals surface area contributed by atoms with Gasteiger partial charge in [-0.2, -0.15) is 0 Å². The molecule has 0 radical (unpaired) electrons. The topological polar surface area (TPSA) is 67.6 Å². The van der Waals surface area contributed by atoms with Crippen molar-refractivity contribution in [1.82, 2.24) is 25.0 Å². The Morgan fingerprint density at radius 3 is 2.61 bits per heavy atom. The third kappa shape index (κ3) is 5.91. The second-order valence-corrected chi connectivity index (χ2v) is 5.95. The predicted octanol–water partition coefficient (Wildman–Crippen LogP) is 1.57. The van der Waals surface area contributed by atoms with Crippen molar-refractivity contribution in [3.8, 4) is 0 Å². The first-order valence-corrected chi connectivity index (χ1v) is 7.99. The number of nitrogens with one attached hydrogen (secondary N) is 1. The molecule has 1 fully saturated rings. The van der Waals surface area contributed by atoms with E-state index < -0.39 is 0 Å². The van der Waals surface area contributed by atoms with Crippen molar-refractivity contribution in [2.24, 2.45) is 18.0 Å². The Morgan fingerprint density at radius 2 is 2.04 bits per heavy atom. The van der Waals surface area contributed by atoms with Crippen LogP contribution in [-0.4, -0.2) is 59.0 Å². The minimum atomic E-state index is 0. The quantitative estimate of drug-likeness (QED) is 0.329. The summed E-state index contributed by atoms with van der Waals surface area (Å²) in [5.74, 6) is 3.54. The number of piperidine rings is 1. The van der Waals surface area contributed by atoms with Crippen LogP contribution < -0.4 is 5.32 Å². The van der Waals surface area contributed by atoms with E-state index in [1.165, 1.54) is 12.8 Å². The van der Waals surface area contributed by atoms with Gasteiger partial charge in [-0.15, -0.1) is 34.2 Å². The number of aliphatic imine (C=N–C) groups is 1. The minimum absolute atomic E-state index is 0. The smallest absolute Gasteiger partial charge is 0.194 e. The number of methoxy groups -OCH3 is 1. The monoisotopic (exact) mass is 436 g/mol. The Morgan fingerprint density at radius 1 is 1.35 bits per heavy atom. The summed E-state index contributed by atoms with van der Waals surface area (Å²) in [6.45, 7) is 8.35. The van der Waals surface area contributed by atoms with Crippen molar-refractivity contribution in [3.05, 3.63) is 11.6 Å². The average molecular weight is 436 g/mol. The average Bonchev–Trinajstić information content (AvgIpc) is 2.83. The van der Waals surface area contributed by atoms with E-state index in [-0.39, 0.29) is 24.0 Å². The molecule has 8 heteroatoms. The number of guanidine groups is 1. The number of likely N-dealkylation sites (tertiary alicyclic amines) is 1. The van der Waals surface area contributed by atoms with E-state index in [9.17, 15) is 0 Å². The van der Waals surface area contributed by atoms with Gasteiger partial charge in [0.1, 0.15) is 12.4 Å². The Hall–Kier alpha value is -0.900. The van der Waals surface area contributed by atoms with Crippen LogP contribution in [0, 0.1) is 12.8 Å². The first-order chi connectivity index (χ1) is 10.6. The van der Waals surface area contributed by atoms with Gasteiger partial charge in [0.25, 0.3) is 0 Å². The number of hydrogen-bond donors (Lipinski definition) is 1. The van der Waals surface area contributed by atoms with Gasteiger partial charge in [-0.05, 0) is 25.7 Å². The highest BCUT2D eigenvalue weighted by molar-refractivity contribution is 14.0. The summed E-state index contributed by atoms with van der Waals surface area (Å²) in [4.78, 5) is 7.07. The molecule has 0 spiro atoms. The van der Waals surface area contributed by atoms with Crippen molar-refractivity contribution in [2.45, 2.75) is 33.2 Å². The molecular weight excluding hydrogens is 407 g/mol. The van der Waals surface area contributed by atoms with E-state index in [1.807, 2.05) is 18.5 Å². The van der Waals surface area contributed by atoms with Crippen molar-refractivity contribution in [2.75, 3.05) is 33.4 Å². The van der Waals surface area contributed by atoms with Crippen LogP contribution in [0.25, 0.3) is 0 Å². The molecule has 23 heavy (non-hydrogen) atoms. The molecule has 0 aromatic carbocycles. The summed E-state index contributed by atoms with van der Waals surface area (Å²) in [6, 6.07) is 0. The lowest BCUT2D eigenvalue weighted by atomic mass is 10.00. The molecule has 2 heterocycles. The maximum Gasteiger partial charge on any atom is 0.194 e. The maximum absolute atomic E-state index is 5.12. The molecule has 0 aliphatic carbocycles. The summed E-state index contributed by atoms with van der Waals surface area (Å²) < 4.78 is 7.10. The van der Waals surface area contributed by atoms with Crippen LogP contribution >= 0.6 is 24.0 Å². The van der Waals surface area contributed by atoms with E-state index in [0.29, 0.717) is 13.2 Å². The SMILES string of the molecule is COCCNC(=NCc1nnc(C)n1C)N1CCC(C)CC1.I. The Balaban J connectivity index is 0.00000264. The molecular formula is C15H29IN6O. The van der Waals surface area contributed by atoms with Gasteiger partial charge in [0.2, 0.25) is 0 Å². The molecule has 1 N–H and O–H groups in total. The number of halogens is 1. The number of rotatable bonds is 5. The first-order valence-electron chi connectivity index (χ1n) is 7.99. The molecule has 0 amide bonds. The number of aromatic nitrogens is 3. The largest absolute Gasteiger partial charge is 0.383 e. The highest BCUT2D eigenvalue weighted by Crippen LogP contribution is 2.16. The van der Waals surface area contributed by atoms with Gasteiger partial charge in [0, 0.05) is 33.8 Å². The summed E-state index contributed by atoms with van der Waals surface area (Å²) in [5.41, 5.74) is 0. The first kappa shape index (κ1) is 20.1. The van der Waals surface area contributed by atoms with Crippen molar-refractivity contribution >= 4 is 29.9 Å². The second kappa shape index (κ2) is 10.1. The lowest BCUT2D eigenvalue weighted by molar-refractivity contribution is 0.201. The summed E-state index contributed by atoms with van der Waals surface area (Å²) in [5, 5.41) is 11.7. The lowest BCUT2D eigenvalue weighted by Crippen LogP contribution is -2.46. The van der Waals surface area contributed by atoms with E-state index >= 15 is 0 Å². The summed E-state index contributed by atoms with van der Waals surface area (Å²) >= 11 is 0. The fourth-order valence-corrected chi connectivity index (χ4v) is 2.49. The Labute approximate surface area is 155 Å². The number of hydrogen-bond acceptors (Lipinski definition) is 4. The van der Waals surface area contributed by atoms with Crippen LogP contribution in [0.5, 0.6) is 0 Å². The molecule has 1 aliphatic rings. The number of aryl methyl sites for hydroxylation is 1. The number of ether oxygens (including phenoxy) is 1. The zero-order valence-corrected chi connectivity index (χ0v) is 16.9. The molecule has 1 saturated heterocycles. The van der Waals surface area contributed by atoms with E-state index in [4.69, 9.17) is 9.73 Å². The fourth-order valence-electron chi connectivity index (χ4n) is 2.49. The Bertz CT molecular complexity index is 496. The molecule has 0 saturated carbocycles. The third-order valence-electron chi connectivity index (χ3n) is 4.23. The van der Waals surface area contributed by atoms with E-state index in [2.05, 4.69) is 27.3 Å². The molecule has 1 aromatic rings. The van der Waals surface area contributed by atoms with Crippen molar-refractivity contribution in [3.63, 3.8) is 0 Å². The highest BCUT2D eigenvalue weighted by atomic mass is 127. The van der Waals surface area contributed by atoms with Gasteiger partial charge in [-0.3, -0.25) is 0 Å². The van der Waals surface area contributed by atoms with Gasteiger partial charge in [-0.1, -0.05) is 6.92 Å². The summed E-state index contributed by atoms with van der Waals surface area (Å²) in [6.07, 6.45) is 2.43. The van der Waals surface area contributed by atoms with E-state index in [1.54, 1.807) is 7.11 Å². The fraction of sp³-hybridized carbons (Fsp3) is 0.800. The van der Waals surface area contributed by atoms with Crippen LogP contribution in [-0.2, 0) is 18.3 Å². The Kier molecular flexibility index (Phi) is 8.82. The lowest BCUT2D eigenvalue weighted by Gasteiger charge is -2.33. The standard InChI is InChI=1S/C15H28N6O.HI/c1-12-5-8-21(9-6-12)15(16-7-10-22-4)17-11-14-19-18-13(2)20(14)3;/h12H,5-11H2,1-4H3,(H,16,17);1H. The zero-order valence-electron chi connectivity index (χ0n) is 14.6. The van der Waals surface area contributed by atoms with Crippen molar-refractivity contribution < 1.29 is 4.74 Å². The molecule has 0 bridgehead atoms. The second-order valence-electron chi connectivity index (χ2n) is 5.95. The molecule has 132 valence electrons. The van der Waals surface area contributed by atoms with Crippen LogP contribution in [0.4, 0.5) is 0 Å². The van der Waals surface area contributed by atoms with Crippen LogP contribution in [0.2, 0.25) is 0 Å². The molecule has 7 nitrogen and oxygen atoms in total. The van der Waals surface area contributed by atoms with Gasteiger partial charge in [0.15, 0.2) is 11.8 Å². The minimum Gasteiger partial charge on any atom is -0.383 e. The molecule has 1 aromatic heterocycles. The van der Waals surface area contributed by atoms with Gasteiger partial charge in [-0.25, -0.2) is 4.99 Å². The highest BCUT2D eigenvalue weighted by Gasteiger charge is 2.19. The molecule has 2 rings (SSSR count). The summed E-state index contributed by atoms with van der Waals surface area (Å²) in [7, 11) is 3.68. The van der Waals surface area contributed by atoms with Gasteiger partial charge < -0.3 is 19.5 Å². The van der Waals surface area contributed by atoms with Gasteiger partial charge >= 0.3 is 0 Å². The molecule has 1 aliphatic heterocycles. The zero-order chi connectivity index (χ0) is 15.9. The van der Waals surface area contributed by atoms with Crippen LogP contribution in [0.15, 0.2) is 4.99 Å². The van der Waals surface area contributed by atoms with Crippen LogP contribution in [0.3, 0.4) is 0 Å². The third-order valence-corrected chi connectivity index (χ3v) is 4.23. The maximum atomic E-state index is 5.12. The van der Waals surface area contributed by atoms with Gasteiger partial charge in [0.05, 0.1) is 6.61 Å². The molecule has 0 unspecified atom stereocenters. The van der Waals surface area contributed by atoms with Crippen molar-refractivity contribution in [1.29, 1.82) is 0 Å². The van der Waals surface area contributed by atoms with Crippen LogP contribution in [0.1, 0.15) is 31.4 Å².